The van der Waals surface area contributed by atoms with E-state index in [1.807, 2.05) is 0 Å². The average Bonchev–Trinajstić information content (AvgIpc) is 1.90. The molecule has 5 heteroatoms. The molecular formula is C3H5O5. The molecule has 0 aromatic heterocycles. The molecule has 0 spiro atoms. The van der Waals surface area contributed by atoms with Crippen LogP contribution in [0.25, 0.3) is 0 Å². The lowest BCUT2D eigenvalue weighted by atomic mass is 11.1. The molecule has 0 aromatic rings. The molecule has 1 radical (unpaired) electrons. The summed E-state index contributed by atoms with van der Waals surface area (Å²) in [4.78, 5) is 3.42. The second kappa shape index (κ2) is 2.95. The Morgan fingerprint density at radius 1 is 1.38 bits per heavy atom. The van der Waals surface area contributed by atoms with Gasteiger partial charge in [0.1, 0.15) is 0 Å². The lowest BCUT2D eigenvalue weighted by Crippen LogP contribution is -2.27. The van der Waals surface area contributed by atoms with E-state index in [1.54, 1.807) is 0 Å². The molecule has 1 fully saturated rings. The van der Waals surface area contributed by atoms with Gasteiger partial charge in [0.2, 0.25) is 0 Å². The normalized spacial score (nSPS) is 23.6. The summed E-state index contributed by atoms with van der Waals surface area (Å²) in [6, 6.07) is 0. The van der Waals surface area contributed by atoms with Crippen LogP contribution in [0.15, 0.2) is 0 Å². The fourth-order valence-electron chi connectivity index (χ4n) is 0.345. The van der Waals surface area contributed by atoms with Crippen LogP contribution in [-0.2, 0) is 24.4 Å². The van der Waals surface area contributed by atoms with Crippen molar-refractivity contribution in [3.63, 3.8) is 0 Å². The Bertz CT molecular complexity index is 58.7. The van der Waals surface area contributed by atoms with Crippen molar-refractivity contribution in [2.75, 3.05) is 13.6 Å². The van der Waals surface area contributed by atoms with Crippen LogP contribution in [0.1, 0.15) is 0 Å². The molecule has 0 aromatic carbocycles. The first-order chi connectivity index (χ1) is 3.93. The predicted molar refractivity (Wildman–Crippen MR) is 18.5 cm³/mol. The lowest BCUT2D eigenvalue weighted by molar-refractivity contribution is -0.494. The summed E-state index contributed by atoms with van der Waals surface area (Å²) in [7, 11) is 0. The number of hydrogen-bond acceptors (Lipinski definition) is 4. The van der Waals surface area contributed by atoms with Crippen molar-refractivity contribution in [2.45, 2.75) is 6.48 Å². The van der Waals surface area contributed by atoms with Gasteiger partial charge in [0.25, 0.3) is 0 Å². The number of hydrogen-bond donors (Lipinski definition) is 0. The standard InChI is InChI=1S/C3H5O5/c4-8-3-6-1-5-2-7-3/h3H,1-2H2. The molecule has 1 aliphatic rings. The van der Waals surface area contributed by atoms with Crippen LogP contribution in [-0.4, -0.2) is 20.1 Å². The highest BCUT2D eigenvalue weighted by Crippen LogP contribution is 2.01. The minimum absolute atomic E-state index is 0.0485. The smallest absolute Gasteiger partial charge is 0.308 e. The molecule has 1 aliphatic heterocycles. The molecule has 0 amide bonds. The molecule has 0 bridgehead atoms. The molecule has 0 atom stereocenters. The first-order valence-electron chi connectivity index (χ1n) is 2.03. The van der Waals surface area contributed by atoms with Crippen LogP contribution in [0.5, 0.6) is 0 Å². The van der Waals surface area contributed by atoms with E-state index in [0.717, 1.165) is 0 Å². The Morgan fingerprint density at radius 2 is 2.00 bits per heavy atom. The highest BCUT2D eigenvalue weighted by molar-refractivity contribution is 4.19. The van der Waals surface area contributed by atoms with Gasteiger partial charge in [-0.2, -0.15) is 0 Å². The molecule has 0 aliphatic carbocycles. The molecule has 0 saturated carbocycles. The van der Waals surface area contributed by atoms with E-state index < -0.39 is 6.48 Å². The highest BCUT2D eigenvalue weighted by Gasteiger charge is 2.14. The minimum atomic E-state index is -1.09. The van der Waals surface area contributed by atoms with Gasteiger partial charge in [0.15, 0.2) is 13.6 Å². The Morgan fingerprint density at radius 3 is 2.38 bits per heavy atom. The first-order valence-corrected chi connectivity index (χ1v) is 2.03. The third kappa shape index (κ3) is 1.39. The molecule has 5 nitrogen and oxygen atoms in total. The van der Waals surface area contributed by atoms with E-state index in [-0.39, 0.29) is 13.6 Å². The van der Waals surface area contributed by atoms with Crippen LogP contribution in [0.3, 0.4) is 0 Å². The van der Waals surface area contributed by atoms with Crippen LogP contribution < -0.4 is 0 Å². The van der Waals surface area contributed by atoms with Gasteiger partial charge in [0.05, 0.1) is 0 Å². The average molecular weight is 121 g/mol. The SMILES string of the molecule is [O]OC1OCOCO1. The maximum atomic E-state index is 9.48. The zero-order chi connectivity index (χ0) is 5.82. The highest BCUT2D eigenvalue weighted by atomic mass is 17.2. The quantitative estimate of drug-likeness (QED) is 0.350. The Balaban J connectivity index is 2.13. The van der Waals surface area contributed by atoms with Gasteiger partial charge >= 0.3 is 6.48 Å². The van der Waals surface area contributed by atoms with Crippen LogP contribution in [0.4, 0.5) is 0 Å². The van der Waals surface area contributed by atoms with Crippen molar-refractivity contribution in [3.8, 4) is 0 Å². The van der Waals surface area contributed by atoms with Gasteiger partial charge in [-0.1, -0.05) is 0 Å². The maximum absolute atomic E-state index is 9.48. The zero-order valence-corrected chi connectivity index (χ0v) is 4.03. The lowest BCUT2D eigenvalue weighted by Gasteiger charge is -2.18. The first kappa shape index (κ1) is 5.93. The number of rotatable bonds is 1. The molecule has 0 unspecified atom stereocenters. The Hall–Kier alpha value is -0.200. The van der Waals surface area contributed by atoms with Crippen molar-refractivity contribution < 1.29 is 24.4 Å². The summed E-state index contributed by atoms with van der Waals surface area (Å²) >= 11 is 0. The number of ether oxygens (including phenoxy) is 3. The topological polar surface area (TPSA) is 56.8 Å². The zero-order valence-electron chi connectivity index (χ0n) is 4.03. The third-order valence-corrected chi connectivity index (χ3v) is 0.653. The summed E-state index contributed by atoms with van der Waals surface area (Å²) in [5.74, 6) is 0. The second-order valence-corrected chi connectivity index (χ2v) is 1.16. The minimum Gasteiger partial charge on any atom is -0.329 e. The van der Waals surface area contributed by atoms with Gasteiger partial charge in [-0.05, 0) is 5.26 Å². The monoisotopic (exact) mass is 121 g/mol. The predicted octanol–water partition coefficient (Wildman–Crippen LogP) is -0.389. The van der Waals surface area contributed by atoms with Gasteiger partial charge < -0.3 is 14.2 Å². The van der Waals surface area contributed by atoms with E-state index in [2.05, 4.69) is 19.1 Å². The van der Waals surface area contributed by atoms with Crippen LogP contribution in [0.2, 0.25) is 0 Å². The fraction of sp³-hybridized carbons (Fsp3) is 1.00. The fourth-order valence-corrected chi connectivity index (χ4v) is 0.345. The van der Waals surface area contributed by atoms with E-state index in [4.69, 9.17) is 0 Å². The Kier molecular flexibility index (Phi) is 2.19. The van der Waals surface area contributed by atoms with Crippen molar-refractivity contribution >= 4 is 0 Å². The summed E-state index contributed by atoms with van der Waals surface area (Å²) in [5, 5.41) is 9.48. The summed E-state index contributed by atoms with van der Waals surface area (Å²) in [5.41, 5.74) is 0. The van der Waals surface area contributed by atoms with Crippen molar-refractivity contribution in [1.82, 2.24) is 0 Å². The van der Waals surface area contributed by atoms with Crippen LogP contribution >= 0.6 is 0 Å². The van der Waals surface area contributed by atoms with Gasteiger partial charge in [-0.25, -0.2) is 0 Å². The summed E-state index contributed by atoms with van der Waals surface area (Å²) in [6.45, 7) is -0.997. The van der Waals surface area contributed by atoms with E-state index in [1.165, 1.54) is 0 Å². The molecule has 0 N–H and O–H groups in total. The van der Waals surface area contributed by atoms with Gasteiger partial charge in [-0.15, -0.1) is 4.89 Å². The van der Waals surface area contributed by atoms with Crippen molar-refractivity contribution in [3.05, 3.63) is 0 Å². The van der Waals surface area contributed by atoms with Crippen molar-refractivity contribution in [2.24, 2.45) is 0 Å². The van der Waals surface area contributed by atoms with Gasteiger partial charge in [0, 0.05) is 0 Å². The van der Waals surface area contributed by atoms with Crippen molar-refractivity contribution in [1.29, 1.82) is 0 Å². The molecule has 1 heterocycles. The third-order valence-electron chi connectivity index (χ3n) is 0.653. The van der Waals surface area contributed by atoms with E-state index >= 15 is 0 Å². The second-order valence-electron chi connectivity index (χ2n) is 1.16. The Labute approximate surface area is 45.6 Å². The molecule has 8 heavy (non-hydrogen) atoms. The van der Waals surface area contributed by atoms with Gasteiger partial charge in [-0.3, -0.25) is 0 Å². The molecule has 1 rings (SSSR count). The summed E-state index contributed by atoms with van der Waals surface area (Å²) in [6.07, 6.45) is 0. The maximum Gasteiger partial charge on any atom is 0.308 e. The molecular weight excluding hydrogens is 116 g/mol. The van der Waals surface area contributed by atoms with E-state index in [9.17, 15) is 5.26 Å². The molecule has 47 valence electrons. The largest absolute Gasteiger partial charge is 0.329 e. The van der Waals surface area contributed by atoms with E-state index in [0.29, 0.717) is 0 Å². The molecule has 1 saturated heterocycles. The summed E-state index contributed by atoms with van der Waals surface area (Å²) < 4.78 is 13.4. The van der Waals surface area contributed by atoms with Crippen LogP contribution in [0, 0.1) is 0 Å².